The first-order chi connectivity index (χ1) is 8.49. The van der Waals surface area contributed by atoms with E-state index >= 15 is 0 Å². The van der Waals surface area contributed by atoms with Gasteiger partial charge < -0.3 is 10.6 Å². The van der Waals surface area contributed by atoms with Crippen molar-refractivity contribution in [2.75, 3.05) is 13.1 Å². The fourth-order valence-electron chi connectivity index (χ4n) is 2.46. The topological polar surface area (TPSA) is 41.1 Å². The average Bonchev–Trinajstić information content (AvgIpc) is 2.73. The molecule has 0 aromatic carbocycles. The summed E-state index contributed by atoms with van der Waals surface area (Å²) in [7, 11) is 0. The number of carbonyl (C=O) groups is 1. The molecule has 0 bridgehead atoms. The van der Waals surface area contributed by atoms with Gasteiger partial charge in [0, 0.05) is 17.5 Å². The van der Waals surface area contributed by atoms with Crippen LogP contribution in [0.1, 0.15) is 41.2 Å². The van der Waals surface area contributed by atoms with Crippen molar-refractivity contribution in [2.45, 2.75) is 39.7 Å². The van der Waals surface area contributed by atoms with Crippen LogP contribution in [0.3, 0.4) is 0 Å². The second-order valence-corrected chi connectivity index (χ2v) is 7.01. The van der Waals surface area contributed by atoms with E-state index in [-0.39, 0.29) is 23.7 Å². The van der Waals surface area contributed by atoms with Crippen molar-refractivity contribution in [3.63, 3.8) is 0 Å². The molecule has 1 fully saturated rings. The molecule has 1 aliphatic rings. The first-order valence-electron chi connectivity index (χ1n) is 6.57. The highest BCUT2D eigenvalue weighted by atomic mass is 35.5. The van der Waals surface area contributed by atoms with Crippen LogP contribution in [-0.4, -0.2) is 25.0 Å². The summed E-state index contributed by atoms with van der Waals surface area (Å²) in [5.41, 5.74) is 0.261. The van der Waals surface area contributed by atoms with Gasteiger partial charge in [0.15, 0.2) is 0 Å². The predicted octanol–water partition coefficient (Wildman–Crippen LogP) is 2.99. The molecule has 3 nitrogen and oxygen atoms in total. The van der Waals surface area contributed by atoms with E-state index in [9.17, 15) is 4.79 Å². The van der Waals surface area contributed by atoms with Crippen LogP contribution in [0.5, 0.6) is 0 Å². The van der Waals surface area contributed by atoms with Crippen LogP contribution in [-0.2, 0) is 0 Å². The lowest BCUT2D eigenvalue weighted by molar-refractivity contribution is 0.0933. The maximum atomic E-state index is 12.0. The van der Waals surface area contributed by atoms with E-state index in [1.54, 1.807) is 11.3 Å². The van der Waals surface area contributed by atoms with Crippen LogP contribution in [0, 0.1) is 12.3 Å². The molecule has 1 aromatic heterocycles. The Bertz CT molecular complexity index is 431. The van der Waals surface area contributed by atoms with Crippen LogP contribution >= 0.6 is 23.7 Å². The molecule has 0 radical (unpaired) electrons. The molecule has 0 saturated carbocycles. The highest BCUT2D eigenvalue weighted by Crippen LogP contribution is 2.29. The highest BCUT2D eigenvalue weighted by Gasteiger charge is 2.31. The van der Waals surface area contributed by atoms with Crippen molar-refractivity contribution >= 4 is 29.7 Å². The molecule has 1 unspecified atom stereocenters. The van der Waals surface area contributed by atoms with Crippen LogP contribution in [0.4, 0.5) is 0 Å². The van der Waals surface area contributed by atoms with Crippen molar-refractivity contribution < 1.29 is 4.79 Å². The van der Waals surface area contributed by atoms with Crippen molar-refractivity contribution in [2.24, 2.45) is 5.41 Å². The lowest BCUT2D eigenvalue weighted by atomic mass is 9.77. The van der Waals surface area contributed by atoms with Crippen molar-refractivity contribution in [1.29, 1.82) is 0 Å². The third-order valence-corrected chi connectivity index (χ3v) is 4.76. The van der Waals surface area contributed by atoms with E-state index in [0.29, 0.717) is 12.6 Å². The normalized spacial score (nSPS) is 21.5. The van der Waals surface area contributed by atoms with E-state index in [1.165, 1.54) is 17.7 Å². The number of thiophene rings is 1. The highest BCUT2D eigenvalue weighted by molar-refractivity contribution is 7.13. The molecular formula is C14H23ClN2OS. The SMILES string of the molecule is Cc1ccc(C(=O)NCC2NCCCC2(C)C)s1.Cl. The second kappa shape index (κ2) is 6.73. The number of hydrogen-bond acceptors (Lipinski definition) is 3. The summed E-state index contributed by atoms with van der Waals surface area (Å²) in [6.45, 7) is 8.33. The summed E-state index contributed by atoms with van der Waals surface area (Å²) >= 11 is 1.55. The smallest absolute Gasteiger partial charge is 0.261 e. The fourth-order valence-corrected chi connectivity index (χ4v) is 3.24. The Hall–Kier alpha value is -0.580. The van der Waals surface area contributed by atoms with Gasteiger partial charge in [-0.15, -0.1) is 23.7 Å². The van der Waals surface area contributed by atoms with Gasteiger partial charge in [0.1, 0.15) is 0 Å². The van der Waals surface area contributed by atoms with Gasteiger partial charge in [0.25, 0.3) is 5.91 Å². The number of nitrogens with one attached hydrogen (secondary N) is 2. The Balaban J connectivity index is 0.00000180. The largest absolute Gasteiger partial charge is 0.350 e. The molecule has 0 spiro atoms. The number of aryl methyl sites for hydroxylation is 1. The molecule has 0 aliphatic carbocycles. The summed E-state index contributed by atoms with van der Waals surface area (Å²) < 4.78 is 0. The summed E-state index contributed by atoms with van der Waals surface area (Å²) in [6, 6.07) is 4.26. The number of carbonyl (C=O) groups excluding carboxylic acids is 1. The first kappa shape index (κ1) is 16.5. The minimum absolute atomic E-state index is 0. The maximum absolute atomic E-state index is 12.0. The number of piperidine rings is 1. The molecule has 2 N–H and O–H groups in total. The fraction of sp³-hybridized carbons (Fsp3) is 0.643. The molecule has 1 aromatic rings. The molecule has 2 heterocycles. The monoisotopic (exact) mass is 302 g/mol. The first-order valence-corrected chi connectivity index (χ1v) is 7.39. The van der Waals surface area contributed by atoms with Gasteiger partial charge in [-0.2, -0.15) is 0 Å². The zero-order chi connectivity index (χ0) is 13.2. The Labute approximate surface area is 125 Å². The molecule has 2 rings (SSSR count). The third-order valence-electron chi connectivity index (χ3n) is 3.76. The zero-order valence-corrected chi connectivity index (χ0v) is 13.4. The van der Waals surface area contributed by atoms with Gasteiger partial charge in [-0.1, -0.05) is 13.8 Å². The third kappa shape index (κ3) is 4.20. The molecule has 1 aliphatic heterocycles. The van der Waals surface area contributed by atoms with Crippen molar-refractivity contribution in [3.05, 3.63) is 21.9 Å². The molecule has 1 amide bonds. The van der Waals surface area contributed by atoms with Gasteiger partial charge in [-0.25, -0.2) is 0 Å². The number of halogens is 1. The van der Waals surface area contributed by atoms with Crippen LogP contribution < -0.4 is 10.6 Å². The van der Waals surface area contributed by atoms with Crippen molar-refractivity contribution in [1.82, 2.24) is 10.6 Å². The minimum Gasteiger partial charge on any atom is -0.350 e. The standard InChI is InChI=1S/C14H22N2OS.ClH/c1-10-5-6-11(18-10)13(17)16-9-12-14(2,3)7-4-8-15-12;/h5-6,12,15H,4,7-9H2,1-3H3,(H,16,17);1H. The Morgan fingerprint density at radius 1 is 1.53 bits per heavy atom. The zero-order valence-electron chi connectivity index (χ0n) is 11.8. The molecule has 19 heavy (non-hydrogen) atoms. The Kier molecular flexibility index (Phi) is 5.83. The quantitative estimate of drug-likeness (QED) is 0.901. The molecule has 5 heteroatoms. The van der Waals surface area contributed by atoms with E-state index in [1.807, 2.05) is 19.1 Å². The van der Waals surface area contributed by atoms with Gasteiger partial charge in [0.2, 0.25) is 0 Å². The summed E-state index contributed by atoms with van der Waals surface area (Å²) in [5.74, 6) is 0.0521. The predicted molar refractivity (Wildman–Crippen MR) is 83.4 cm³/mol. The maximum Gasteiger partial charge on any atom is 0.261 e. The summed E-state index contributed by atoms with van der Waals surface area (Å²) in [5, 5.41) is 6.56. The van der Waals surface area contributed by atoms with Gasteiger partial charge in [0.05, 0.1) is 4.88 Å². The minimum atomic E-state index is 0. The lowest BCUT2D eigenvalue weighted by Crippen LogP contribution is -2.52. The number of amides is 1. The second-order valence-electron chi connectivity index (χ2n) is 5.72. The molecule has 108 valence electrons. The van der Waals surface area contributed by atoms with Gasteiger partial charge in [-0.3, -0.25) is 4.79 Å². The van der Waals surface area contributed by atoms with E-state index in [4.69, 9.17) is 0 Å². The average molecular weight is 303 g/mol. The van der Waals surface area contributed by atoms with Crippen LogP contribution in [0.15, 0.2) is 12.1 Å². The Morgan fingerprint density at radius 2 is 2.26 bits per heavy atom. The molecular weight excluding hydrogens is 280 g/mol. The lowest BCUT2D eigenvalue weighted by Gasteiger charge is -2.39. The summed E-state index contributed by atoms with van der Waals surface area (Å²) in [4.78, 5) is 14.0. The van der Waals surface area contributed by atoms with Crippen LogP contribution in [0.2, 0.25) is 0 Å². The van der Waals surface area contributed by atoms with Crippen LogP contribution in [0.25, 0.3) is 0 Å². The number of hydrogen-bond donors (Lipinski definition) is 2. The molecule has 1 atom stereocenters. The van der Waals surface area contributed by atoms with Gasteiger partial charge >= 0.3 is 0 Å². The summed E-state index contributed by atoms with van der Waals surface area (Å²) in [6.07, 6.45) is 2.44. The van der Waals surface area contributed by atoms with E-state index in [2.05, 4.69) is 24.5 Å². The Morgan fingerprint density at radius 3 is 2.84 bits per heavy atom. The van der Waals surface area contributed by atoms with E-state index < -0.39 is 0 Å². The number of rotatable bonds is 3. The molecule has 1 saturated heterocycles. The van der Waals surface area contributed by atoms with Gasteiger partial charge in [-0.05, 0) is 43.9 Å². The van der Waals surface area contributed by atoms with E-state index in [0.717, 1.165) is 11.4 Å². The van der Waals surface area contributed by atoms with Crippen molar-refractivity contribution in [3.8, 4) is 0 Å².